The summed E-state index contributed by atoms with van der Waals surface area (Å²) in [5, 5.41) is 7.81. The molecule has 1 N–H and O–H groups in total. The maximum absolute atomic E-state index is 12.8. The fraction of sp³-hybridized carbons (Fsp3) is 0.565. The van der Waals surface area contributed by atoms with Gasteiger partial charge in [0.2, 0.25) is 5.91 Å². The minimum absolute atomic E-state index is 0.0505. The molecule has 0 radical (unpaired) electrons. The molecule has 0 saturated carbocycles. The van der Waals surface area contributed by atoms with Gasteiger partial charge >= 0.3 is 0 Å². The minimum Gasteiger partial charge on any atom is -0.379 e. The van der Waals surface area contributed by atoms with E-state index in [1.54, 1.807) is 0 Å². The smallest absolute Gasteiger partial charge is 0.224 e. The predicted molar refractivity (Wildman–Crippen MR) is 115 cm³/mol. The van der Waals surface area contributed by atoms with Crippen LogP contribution in [0.25, 0.3) is 0 Å². The summed E-state index contributed by atoms with van der Waals surface area (Å²) in [5.41, 5.74) is 4.32. The Morgan fingerprint density at radius 2 is 1.86 bits per heavy atom. The zero-order chi connectivity index (χ0) is 20.8. The number of aromatic nitrogens is 2. The lowest BCUT2D eigenvalue weighted by atomic mass is 10.0. The summed E-state index contributed by atoms with van der Waals surface area (Å²) in [6, 6.07) is 10.6. The van der Waals surface area contributed by atoms with Gasteiger partial charge in [0.1, 0.15) is 0 Å². The Morgan fingerprint density at radius 1 is 1.17 bits per heavy atom. The molecule has 3 rings (SSSR count). The van der Waals surface area contributed by atoms with E-state index in [1.807, 2.05) is 17.7 Å². The summed E-state index contributed by atoms with van der Waals surface area (Å²) >= 11 is 0. The van der Waals surface area contributed by atoms with Gasteiger partial charge in [0.15, 0.2) is 0 Å². The van der Waals surface area contributed by atoms with E-state index in [4.69, 9.17) is 4.74 Å². The van der Waals surface area contributed by atoms with E-state index in [0.717, 1.165) is 49.8 Å². The number of ether oxygens (including phenoxy) is 1. The van der Waals surface area contributed by atoms with Crippen molar-refractivity contribution >= 4 is 5.91 Å². The highest BCUT2D eigenvalue weighted by atomic mass is 16.5. The summed E-state index contributed by atoms with van der Waals surface area (Å²) < 4.78 is 7.54. The van der Waals surface area contributed by atoms with Crippen LogP contribution in [0.1, 0.15) is 42.4 Å². The molecule has 6 heteroatoms. The van der Waals surface area contributed by atoms with Crippen LogP contribution in [0.15, 0.2) is 30.3 Å². The molecule has 158 valence electrons. The number of rotatable bonds is 8. The van der Waals surface area contributed by atoms with Crippen LogP contribution in [0.3, 0.4) is 0 Å². The number of aryl methyl sites for hydroxylation is 1. The molecule has 1 unspecified atom stereocenters. The van der Waals surface area contributed by atoms with E-state index < -0.39 is 0 Å². The maximum atomic E-state index is 12.8. The van der Waals surface area contributed by atoms with Gasteiger partial charge in [0.05, 0.1) is 31.4 Å². The second-order valence-electron chi connectivity index (χ2n) is 8.28. The van der Waals surface area contributed by atoms with Crippen molar-refractivity contribution in [2.75, 3.05) is 32.8 Å². The van der Waals surface area contributed by atoms with E-state index in [1.165, 1.54) is 5.56 Å². The van der Waals surface area contributed by atoms with Crippen molar-refractivity contribution in [2.24, 2.45) is 5.92 Å². The van der Waals surface area contributed by atoms with Gasteiger partial charge in [-0.1, -0.05) is 44.2 Å². The lowest BCUT2D eigenvalue weighted by Crippen LogP contribution is -2.44. The second-order valence-corrected chi connectivity index (χ2v) is 8.28. The second kappa shape index (κ2) is 10.0. The average Bonchev–Trinajstić information content (AvgIpc) is 2.96. The first-order valence-corrected chi connectivity index (χ1v) is 10.6. The van der Waals surface area contributed by atoms with Crippen LogP contribution in [0.2, 0.25) is 0 Å². The number of benzene rings is 1. The first kappa shape index (κ1) is 21.5. The quantitative estimate of drug-likeness (QED) is 0.743. The van der Waals surface area contributed by atoms with Crippen LogP contribution in [0.5, 0.6) is 0 Å². The largest absolute Gasteiger partial charge is 0.379 e. The fourth-order valence-corrected chi connectivity index (χ4v) is 3.97. The molecule has 1 aromatic carbocycles. The number of hydrogen-bond acceptors (Lipinski definition) is 4. The fourth-order valence-electron chi connectivity index (χ4n) is 3.97. The Morgan fingerprint density at radius 3 is 2.52 bits per heavy atom. The third kappa shape index (κ3) is 5.67. The number of morpholine rings is 1. The molecule has 0 spiro atoms. The summed E-state index contributed by atoms with van der Waals surface area (Å²) in [7, 11) is 0. The van der Waals surface area contributed by atoms with Crippen molar-refractivity contribution < 1.29 is 9.53 Å². The highest BCUT2D eigenvalue weighted by Crippen LogP contribution is 2.21. The zero-order valence-corrected chi connectivity index (χ0v) is 18.1. The van der Waals surface area contributed by atoms with E-state index in [2.05, 4.69) is 60.4 Å². The minimum atomic E-state index is 0.0505. The molecule has 2 heterocycles. The Labute approximate surface area is 174 Å². The van der Waals surface area contributed by atoms with Gasteiger partial charge in [-0.3, -0.25) is 14.4 Å². The SMILES string of the molecule is Cc1nn(CC(C)C)c(C)c1CC(=O)NCC(c1ccccc1)N1CCOCC1. The number of carbonyl (C=O) groups is 1. The molecule has 1 aliphatic heterocycles. The molecule has 1 amide bonds. The molecule has 6 nitrogen and oxygen atoms in total. The molecule has 0 bridgehead atoms. The monoisotopic (exact) mass is 398 g/mol. The average molecular weight is 399 g/mol. The number of nitrogens with one attached hydrogen (secondary N) is 1. The van der Waals surface area contributed by atoms with Crippen molar-refractivity contribution in [3.05, 3.63) is 52.8 Å². The molecular weight excluding hydrogens is 364 g/mol. The molecule has 1 atom stereocenters. The third-order valence-electron chi connectivity index (χ3n) is 5.57. The van der Waals surface area contributed by atoms with Gasteiger partial charge in [-0.05, 0) is 25.3 Å². The van der Waals surface area contributed by atoms with E-state index in [9.17, 15) is 4.79 Å². The van der Waals surface area contributed by atoms with Crippen molar-refractivity contribution in [3.63, 3.8) is 0 Å². The maximum Gasteiger partial charge on any atom is 0.224 e. The van der Waals surface area contributed by atoms with Gasteiger partial charge in [0.25, 0.3) is 0 Å². The molecule has 1 aromatic heterocycles. The molecule has 1 fully saturated rings. The highest BCUT2D eigenvalue weighted by molar-refractivity contribution is 5.79. The van der Waals surface area contributed by atoms with E-state index in [0.29, 0.717) is 18.9 Å². The van der Waals surface area contributed by atoms with Gasteiger partial charge in [-0.25, -0.2) is 0 Å². The summed E-state index contributed by atoms with van der Waals surface area (Å²) in [4.78, 5) is 15.2. The van der Waals surface area contributed by atoms with Crippen molar-refractivity contribution in [1.82, 2.24) is 20.0 Å². The number of nitrogens with zero attached hydrogens (tertiary/aromatic N) is 3. The van der Waals surface area contributed by atoms with Crippen LogP contribution in [-0.2, 0) is 22.5 Å². The Kier molecular flexibility index (Phi) is 7.45. The first-order chi connectivity index (χ1) is 14.0. The van der Waals surface area contributed by atoms with Crippen LogP contribution in [0, 0.1) is 19.8 Å². The molecule has 29 heavy (non-hydrogen) atoms. The van der Waals surface area contributed by atoms with Crippen LogP contribution in [0.4, 0.5) is 0 Å². The molecule has 1 aliphatic rings. The van der Waals surface area contributed by atoms with Gasteiger partial charge in [-0.15, -0.1) is 0 Å². The van der Waals surface area contributed by atoms with Gasteiger partial charge < -0.3 is 10.1 Å². The normalized spacial score (nSPS) is 16.2. The zero-order valence-electron chi connectivity index (χ0n) is 18.1. The molecule has 1 saturated heterocycles. The lowest BCUT2D eigenvalue weighted by molar-refractivity contribution is -0.120. The van der Waals surface area contributed by atoms with E-state index >= 15 is 0 Å². The Bertz CT molecular complexity index is 795. The van der Waals surface area contributed by atoms with Crippen LogP contribution in [-0.4, -0.2) is 53.4 Å². The van der Waals surface area contributed by atoms with Gasteiger partial charge in [0, 0.05) is 37.4 Å². The highest BCUT2D eigenvalue weighted by Gasteiger charge is 2.23. The Hall–Kier alpha value is -2.18. The predicted octanol–water partition coefficient (Wildman–Crippen LogP) is 2.89. The summed E-state index contributed by atoms with van der Waals surface area (Å²) in [6.07, 6.45) is 0.375. The van der Waals surface area contributed by atoms with Gasteiger partial charge in [-0.2, -0.15) is 5.10 Å². The van der Waals surface area contributed by atoms with Crippen molar-refractivity contribution in [3.8, 4) is 0 Å². The standard InChI is InChI=1S/C23H34N4O2/c1-17(2)16-27-19(4)21(18(3)25-27)14-23(28)24-15-22(20-8-6-5-7-9-20)26-10-12-29-13-11-26/h5-9,17,22H,10-16H2,1-4H3,(H,24,28). The Balaban J connectivity index is 1.65. The van der Waals surface area contributed by atoms with Crippen molar-refractivity contribution in [2.45, 2.75) is 46.7 Å². The number of amides is 1. The number of carbonyl (C=O) groups excluding carboxylic acids is 1. The van der Waals surface area contributed by atoms with Crippen LogP contribution >= 0.6 is 0 Å². The lowest BCUT2D eigenvalue weighted by Gasteiger charge is -2.35. The molecule has 0 aliphatic carbocycles. The van der Waals surface area contributed by atoms with E-state index in [-0.39, 0.29) is 11.9 Å². The molecule has 2 aromatic rings. The summed E-state index contributed by atoms with van der Waals surface area (Å²) in [6.45, 7) is 13.1. The first-order valence-electron chi connectivity index (χ1n) is 10.6. The molecular formula is C23H34N4O2. The third-order valence-corrected chi connectivity index (χ3v) is 5.57. The van der Waals surface area contributed by atoms with Crippen LogP contribution < -0.4 is 5.32 Å². The number of hydrogen-bond donors (Lipinski definition) is 1. The topological polar surface area (TPSA) is 59.4 Å². The summed E-state index contributed by atoms with van der Waals surface area (Å²) in [5.74, 6) is 0.573. The van der Waals surface area contributed by atoms with Crippen molar-refractivity contribution in [1.29, 1.82) is 0 Å².